The standard InChI is InChI=1S/C89H148O17P2/c1-5-9-13-17-21-25-29-33-37-39-41-43-47-50-54-58-62-66-70-74-87(92)100-80-85(106-89(94)76-72-68-64-60-56-52-48-44-42-40-38-34-30-26-22-18-14-10-6-2)82-104-108(97,98)102-78-83(90)77-101-107(95,96)103-81-84(105-88(93)75-71-67-63-59-55-51-46-36-32-28-24-20-16-12-8-4)79-99-86(91)73-69-65-61-57-53-49-45-35-31-27-23-19-15-11-7-3/h10,14,21-22,25-26,28,32-35,37-38,41-45,50,52,54,56,62,64,66,68,83-85,90H,5-9,11-13,15-20,23-24,27,29-31,36,39-40,46-49,51,53,55,57-61,63,65,67,69-82H2,1-4H3,(H,95,96)(H,97,98)/b14-10-,25-21-,26-22-,32-28-,37-33-,38-34-,43-41-,44-42-,45-35-,54-50-,56-52-,66-62-,68-64-/t83-,84+,85+/m0/s1. The van der Waals surface area contributed by atoms with Crippen LogP contribution in [-0.2, 0) is 65.4 Å². The number of allylic oxidation sites excluding steroid dienone is 26. The molecule has 0 spiro atoms. The molecule has 3 N–H and O–H groups in total. The van der Waals surface area contributed by atoms with Gasteiger partial charge in [0.25, 0.3) is 0 Å². The van der Waals surface area contributed by atoms with Gasteiger partial charge in [-0.25, -0.2) is 9.13 Å². The van der Waals surface area contributed by atoms with Crippen LogP contribution in [0.1, 0.15) is 323 Å². The Balaban J connectivity index is 5.53. The van der Waals surface area contributed by atoms with Gasteiger partial charge in [0, 0.05) is 25.7 Å². The van der Waals surface area contributed by atoms with Gasteiger partial charge in [0.1, 0.15) is 19.3 Å². The van der Waals surface area contributed by atoms with E-state index in [2.05, 4.69) is 149 Å². The fraction of sp³-hybridized carbons (Fsp3) is 0.663. The van der Waals surface area contributed by atoms with Crippen LogP contribution < -0.4 is 0 Å². The second kappa shape index (κ2) is 79.8. The van der Waals surface area contributed by atoms with Crippen molar-refractivity contribution in [3.63, 3.8) is 0 Å². The molecule has 19 heteroatoms. The summed E-state index contributed by atoms with van der Waals surface area (Å²) in [6.07, 6.45) is 93.9. The first-order valence-corrected chi connectivity index (χ1v) is 44.7. The third kappa shape index (κ3) is 78.8. The van der Waals surface area contributed by atoms with Crippen LogP contribution in [0.25, 0.3) is 0 Å². The second-order valence-corrected chi connectivity index (χ2v) is 30.2. The maximum Gasteiger partial charge on any atom is 0.472 e. The number of rotatable bonds is 77. The highest BCUT2D eigenvalue weighted by Crippen LogP contribution is 2.45. The van der Waals surface area contributed by atoms with Crippen LogP contribution in [0.3, 0.4) is 0 Å². The lowest BCUT2D eigenvalue weighted by Crippen LogP contribution is -2.30. The van der Waals surface area contributed by atoms with E-state index in [-0.39, 0.29) is 25.7 Å². The first kappa shape index (κ1) is 103. The molecule has 0 bridgehead atoms. The van der Waals surface area contributed by atoms with E-state index < -0.39 is 97.5 Å². The van der Waals surface area contributed by atoms with Gasteiger partial charge in [0.05, 0.1) is 26.4 Å². The van der Waals surface area contributed by atoms with E-state index in [1.54, 1.807) is 0 Å². The number of carbonyl (C=O) groups is 4. The Morgan fingerprint density at radius 2 is 0.500 bits per heavy atom. The Hall–Kier alpha value is -5.32. The van der Waals surface area contributed by atoms with Crippen molar-refractivity contribution < 1.29 is 80.2 Å². The van der Waals surface area contributed by atoms with Gasteiger partial charge >= 0.3 is 39.5 Å². The fourth-order valence-electron chi connectivity index (χ4n) is 10.6. The number of esters is 4. The number of unbranched alkanes of at least 4 members (excludes halogenated alkanes) is 25. The van der Waals surface area contributed by atoms with Crippen LogP contribution in [0.2, 0.25) is 0 Å². The molecule has 0 aliphatic carbocycles. The summed E-state index contributed by atoms with van der Waals surface area (Å²) >= 11 is 0. The average Bonchev–Trinajstić information content (AvgIpc) is 0.900. The molecule has 0 saturated carbocycles. The van der Waals surface area contributed by atoms with Gasteiger partial charge in [0.2, 0.25) is 0 Å². The first-order chi connectivity index (χ1) is 52.7. The van der Waals surface area contributed by atoms with E-state index in [4.69, 9.17) is 37.0 Å². The normalized spacial score (nSPS) is 14.6. The summed E-state index contributed by atoms with van der Waals surface area (Å²) < 4.78 is 68.5. The summed E-state index contributed by atoms with van der Waals surface area (Å²) in [5, 5.41) is 10.7. The van der Waals surface area contributed by atoms with Crippen molar-refractivity contribution in [3.8, 4) is 0 Å². The topological polar surface area (TPSA) is 237 Å². The quantitative estimate of drug-likeness (QED) is 0.0169. The minimum absolute atomic E-state index is 0.0169. The minimum Gasteiger partial charge on any atom is -0.462 e. The van der Waals surface area contributed by atoms with E-state index in [0.29, 0.717) is 38.5 Å². The molecular weight excluding hydrogens is 1400 g/mol. The smallest absolute Gasteiger partial charge is 0.462 e. The molecule has 0 saturated heterocycles. The van der Waals surface area contributed by atoms with Crippen molar-refractivity contribution in [2.75, 3.05) is 39.6 Å². The van der Waals surface area contributed by atoms with Gasteiger partial charge in [-0.15, -0.1) is 0 Å². The SMILES string of the molecule is CC/C=C\C/C=C\C/C=C\C/C=C\C/C=C\C/C=C\CCC(=O)O[C@H](COC(=O)CC/C=C\C/C=C\C/C=C\C/C=C\C/C=C\CCCCC)COP(=O)(O)OC[C@@H](O)COP(=O)(O)OC[C@@H](COC(=O)CCCCCCC/C=C\CCCCCCCC)OC(=O)CCCCCCCCC/C=C\CCCCCC. The third-order valence-corrected chi connectivity index (χ3v) is 18.9. The van der Waals surface area contributed by atoms with Gasteiger partial charge in [0.15, 0.2) is 12.2 Å². The van der Waals surface area contributed by atoms with Gasteiger partial charge < -0.3 is 33.8 Å². The highest BCUT2D eigenvalue weighted by molar-refractivity contribution is 7.47. The molecule has 616 valence electrons. The summed E-state index contributed by atoms with van der Waals surface area (Å²) in [6.45, 7) is 4.54. The summed E-state index contributed by atoms with van der Waals surface area (Å²) in [6, 6.07) is 0. The highest BCUT2D eigenvalue weighted by Gasteiger charge is 2.30. The summed E-state index contributed by atoms with van der Waals surface area (Å²) in [4.78, 5) is 73.1. The van der Waals surface area contributed by atoms with Gasteiger partial charge in [-0.05, 0) is 154 Å². The summed E-state index contributed by atoms with van der Waals surface area (Å²) in [5.41, 5.74) is 0. The van der Waals surface area contributed by atoms with Gasteiger partial charge in [-0.1, -0.05) is 301 Å². The number of carbonyl (C=O) groups excluding carboxylic acids is 4. The molecule has 0 amide bonds. The van der Waals surface area contributed by atoms with Crippen LogP contribution in [0.15, 0.2) is 158 Å². The zero-order valence-electron chi connectivity index (χ0n) is 67.5. The molecule has 0 aromatic carbocycles. The molecule has 0 aliphatic heterocycles. The largest absolute Gasteiger partial charge is 0.472 e. The van der Waals surface area contributed by atoms with Crippen LogP contribution in [0, 0.1) is 0 Å². The molecule has 0 aliphatic rings. The monoisotopic (exact) mass is 1550 g/mol. The molecule has 0 heterocycles. The summed E-state index contributed by atoms with van der Waals surface area (Å²) in [5.74, 6) is -2.39. The van der Waals surface area contributed by atoms with E-state index >= 15 is 0 Å². The van der Waals surface area contributed by atoms with Crippen LogP contribution in [-0.4, -0.2) is 96.7 Å². The zero-order chi connectivity index (χ0) is 78.9. The Labute approximate surface area is 655 Å². The van der Waals surface area contributed by atoms with E-state index in [1.807, 2.05) is 36.5 Å². The van der Waals surface area contributed by atoms with Crippen LogP contribution in [0.5, 0.6) is 0 Å². The summed E-state index contributed by atoms with van der Waals surface area (Å²) in [7, 11) is -10.0. The lowest BCUT2D eigenvalue weighted by Gasteiger charge is -2.21. The minimum atomic E-state index is -5.02. The van der Waals surface area contributed by atoms with Crippen molar-refractivity contribution in [3.05, 3.63) is 158 Å². The highest BCUT2D eigenvalue weighted by atomic mass is 31.2. The van der Waals surface area contributed by atoms with Crippen molar-refractivity contribution in [1.29, 1.82) is 0 Å². The Morgan fingerprint density at radius 1 is 0.269 bits per heavy atom. The molecule has 0 fully saturated rings. The number of phosphoric ester groups is 2. The lowest BCUT2D eigenvalue weighted by molar-refractivity contribution is -0.161. The average molecular weight is 1550 g/mol. The fourth-order valence-corrected chi connectivity index (χ4v) is 12.2. The van der Waals surface area contributed by atoms with E-state index in [0.717, 1.165) is 148 Å². The lowest BCUT2D eigenvalue weighted by atomic mass is 10.1. The number of phosphoric acid groups is 2. The number of aliphatic hydroxyl groups is 1. The molecule has 0 aromatic rings. The van der Waals surface area contributed by atoms with E-state index in [1.165, 1.54) is 83.5 Å². The van der Waals surface area contributed by atoms with Gasteiger partial charge in [-0.3, -0.25) is 37.3 Å². The van der Waals surface area contributed by atoms with Crippen LogP contribution in [0.4, 0.5) is 0 Å². The Bertz CT molecular complexity index is 2660. The Morgan fingerprint density at radius 3 is 0.852 bits per heavy atom. The van der Waals surface area contributed by atoms with Crippen molar-refractivity contribution in [1.82, 2.24) is 0 Å². The maximum absolute atomic E-state index is 13.1. The van der Waals surface area contributed by atoms with Crippen molar-refractivity contribution in [2.24, 2.45) is 0 Å². The molecule has 0 radical (unpaired) electrons. The number of hydrogen-bond acceptors (Lipinski definition) is 15. The predicted molar refractivity (Wildman–Crippen MR) is 445 cm³/mol. The molecule has 0 rings (SSSR count). The molecule has 2 unspecified atom stereocenters. The predicted octanol–water partition coefficient (Wildman–Crippen LogP) is 24.8. The number of hydrogen-bond donors (Lipinski definition) is 3. The molecule has 108 heavy (non-hydrogen) atoms. The van der Waals surface area contributed by atoms with E-state index in [9.17, 15) is 43.2 Å². The molecular formula is C89H148O17P2. The third-order valence-electron chi connectivity index (χ3n) is 17.0. The second-order valence-electron chi connectivity index (χ2n) is 27.3. The zero-order valence-corrected chi connectivity index (χ0v) is 69.3. The van der Waals surface area contributed by atoms with Crippen molar-refractivity contribution in [2.45, 2.75) is 341 Å². The van der Waals surface area contributed by atoms with Crippen LogP contribution >= 0.6 is 15.6 Å². The molecule has 17 nitrogen and oxygen atoms in total. The molecule has 0 aromatic heterocycles. The van der Waals surface area contributed by atoms with Gasteiger partial charge in [-0.2, -0.15) is 0 Å². The van der Waals surface area contributed by atoms with Crippen molar-refractivity contribution >= 4 is 39.5 Å². The first-order valence-electron chi connectivity index (χ1n) is 41.7. The maximum atomic E-state index is 13.1. The molecule has 5 atom stereocenters. The Kier molecular flexibility index (Phi) is 75.8. The number of aliphatic hydroxyl groups excluding tert-OH is 1. The number of ether oxygens (including phenoxy) is 4.